The van der Waals surface area contributed by atoms with Gasteiger partial charge in [0, 0.05) is 30.4 Å². The minimum atomic E-state index is -0.0834. The van der Waals surface area contributed by atoms with E-state index in [2.05, 4.69) is 44.9 Å². The van der Waals surface area contributed by atoms with Gasteiger partial charge in [0.25, 0.3) is 0 Å². The fraction of sp³-hybridized carbons (Fsp3) is 0.526. The van der Waals surface area contributed by atoms with Gasteiger partial charge in [-0.15, -0.1) is 0 Å². The lowest BCUT2D eigenvalue weighted by Crippen LogP contribution is -2.26. The van der Waals surface area contributed by atoms with Crippen LogP contribution >= 0.6 is 0 Å². The Morgan fingerprint density at radius 1 is 1.29 bits per heavy atom. The van der Waals surface area contributed by atoms with Crippen LogP contribution in [-0.2, 0) is 12.1 Å². The van der Waals surface area contributed by atoms with Crippen molar-refractivity contribution in [2.24, 2.45) is 0 Å². The molecule has 1 aromatic carbocycles. The molecule has 1 N–H and O–H groups in total. The van der Waals surface area contributed by atoms with Crippen molar-refractivity contribution in [2.45, 2.75) is 39.8 Å². The van der Waals surface area contributed by atoms with Gasteiger partial charge in [-0.05, 0) is 39.4 Å². The molecule has 0 aliphatic heterocycles. The molecule has 5 nitrogen and oxygen atoms in total. The summed E-state index contributed by atoms with van der Waals surface area (Å²) in [6, 6.07) is 8.00. The molecular formula is C19H29N3O2. The fourth-order valence-electron chi connectivity index (χ4n) is 2.61. The monoisotopic (exact) mass is 331 g/mol. The number of hydrogen-bond acceptors (Lipinski definition) is 4. The molecule has 0 atom stereocenters. The molecule has 0 saturated carbocycles. The summed E-state index contributed by atoms with van der Waals surface area (Å²) in [5.41, 5.74) is 3.10. The van der Waals surface area contributed by atoms with Crippen LogP contribution in [0.1, 0.15) is 33.3 Å². The highest BCUT2D eigenvalue weighted by molar-refractivity contribution is 5.64. The van der Waals surface area contributed by atoms with Crippen LogP contribution in [0.3, 0.4) is 0 Å². The first-order valence-corrected chi connectivity index (χ1v) is 8.45. The minimum Gasteiger partial charge on any atom is -0.497 e. The Hall–Kier alpha value is -1.85. The summed E-state index contributed by atoms with van der Waals surface area (Å²) in [6.45, 7) is 11.0. The quantitative estimate of drug-likeness (QED) is 0.847. The molecule has 2 rings (SSSR count). The maximum Gasteiger partial charge on any atom is 0.119 e. The second kappa shape index (κ2) is 7.81. The maximum absolute atomic E-state index is 9.26. The van der Waals surface area contributed by atoms with E-state index in [0.29, 0.717) is 6.54 Å². The van der Waals surface area contributed by atoms with E-state index in [9.17, 15) is 5.11 Å². The van der Waals surface area contributed by atoms with E-state index in [1.165, 1.54) is 0 Å². The summed E-state index contributed by atoms with van der Waals surface area (Å²) >= 11 is 0. The van der Waals surface area contributed by atoms with Crippen LogP contribution in [0.5, 0.6) is 5.75 Å². The van der Waals surface area contributed by atoms with Crippen molar-refractivity contribution in [3.05, 3.63) is 36.0 Å². The van der Waals surface area contributed by atoms with Gasteiger partial charge in [0.1, 0.15) is 5.75 Å². The summed E-state index contributed by atoms with van der Waals surface area (Å²) in [4.78, 5) is 2.22. The largest absolute Gasteiger partial charge is 0.497 e. The Balaban J connectivity index is 2.45. The van der Waals surface area contributed by atoms with Crippen LogP contribution in [0, 0.1) is 0 Å². The molecule has 132 valence electrons. The molecule has 1 heterocycles. The van der Waals surface area contributed by atoms with Gasteiger partial charge in [-0.25, -0.2) is 0 Å². The first-order valence-electron chi connectivity index (χ1n) is 8.45. The van der Waals surface area contributed by atoms with Crippen LogP contribution in [-0.4, -0.2) is 46.6 Å². The Bertz CT molecular complexity index is 659. The number of hydrogen-bond donors (Lipinski definition) is 1. The smallest absolute Gasteiger partial charge is 0.119 e. The van der Waals surface area contributed by atoms with Gasteiger partial charge in [-0.1, -0.05) is 19.1 Å². The van der Waals surface area contributed by atoms with Gasteiger partial charge in [-0.2, -0.15) is 5.10 Å². The fourth-order valence-corrected chi connectivity index (χ4v) is 2.61. The Morgan fingerprint density at radius 3 is 2.62 bits per heavy atom. The van der Waals surface area contributed by atoms with Gasteiger partial charge < -0.3 is 9.84 Å². The summed E-state index contributed by atoms with van der Waals surface area (Å²) in [6.07, 6.45) is 2.12. The lowest BCUT2D eigenvalue weighted by molar-refractivity contribution is 0.197. The molecule has 0 spiro atoms. The first-order chi connectivity index (χ1) is 11.4. The molecule has 0 amide bonds. The highest BCUT2D eigenvalue weighted by Crippen LogP contribution is 2.28. The summed E-state index contributed by atoms with van der Waals surface area (Å²) in [5, 5.41) is 14.1. The van der Waals surface area contributed by atoms with Crippen molar-refractivity contribution >= 4 is 0 Å². The van der Waals surface area contributed by atoms with E-state index in [4.69, 9.17) is 9.84 Å². The molecule has 2 aromatic rings. The maximum atomic E-state index is 9.26. The lowest BCUT2D eigenvalue weighted by Gasteiger charge is -2.20. The number of aromatic nitrogens is 2. The Kier molecular flexibility index (Phi) is 6.02. The third-order valence-electron chi connectivity index (χ3n) is 4.08. The van der Waals surface area contributed by atoms with Crippen LogP contribution < -0.4 is 4.74 Å². The highest BCUT2D eigenvalue weighted by atomic mass is 16.5. The zero-order valence-electron chi connectivity index (χ0n) is 15.4. The summed E-state index contributed by atoms with van der Waals surface area (Å²) in [5.74, 6) is 0.825. The number of likely N-dealkylation sites (N-methyl/N-ethyl adjacent to an activating group) is 1. The van der Waals surface area contributed by atoms with Crippen molar-refractivity contribution in [2.75, 3.05) is 26.8 Å². The number of nitrogens with zero attached hydrogens (tertiary/aromatic N) is 3. The van der Waals surface area contributed by atoms with E-state index in [1.54, 1.807) is 7.11 Å². The van der Waals surface area contributed by atoms with E-state index in [0.717, 1.165) is 35.7 Å². The molecule has 5 heteroatoms. The Labute approximate surface area is 144 Å². The molecule has 0 aliphatic rings. The van der Waals surface area contributed by atoms with Gasteiger partial charge in [0.05, 0.1) is 24.9 Å². The molecule has 0 aliphatic carbocycles. The predicted octanol–water partition coefficient (Wildman–Crippen LogP) is 3.13. The van der Waals surface area contributed by atoms with Crippen LogP contribution in [0.2, 0.25) is 0 Å². The molecule has 0 saturated heterocycles. The predicted molar refractivity (Wildman–Crippen MR) is 97.2 cm³/mol. The number of benzene rings is 1. The molecule has 1 aromatic heterocycles. The number of aliphatic hydroxyl groups excluding tert-OH is 1. The zero-order valence-corrected chi connectivity index (χ0v) is 15.4. The van der Waals surface area contributed by atoms with Gasteiger partial charge in [0.2, 0.25) is 0 Å². The number of rotatable bonds is 7. The standard InChI is InChI=1S/C19H29N3O2/c1-6-21(10-11-23)13-16-14-22(19(2,3)4)20-18(16)15-8-7-9-17(12-15)24-5/h7-9,12,14,23H,6,10-11,13H2,1-5H3. The molecular weight excluding hydrogens is 302 g/mol. The highest BCUT2D eigenvalue weighted by Gasteiger charge is 2.20. The number of methoxy groups -OCH3 is 1. The molecule has 0 fully saturated rings. The van der Waals surface area contributed by atoms with Crippen molar-refractivity contribution in [1.82, 2.24) is 14.7 Å². The topological polar surface area (TPSA) is 50.5 Å². The second-order valence-electron chi connectivity index (χ2n) is 6.94. The van der Waals surface area contributed by atoms with Crippen LogP contribution in [0.15, 0.2) is 30.5 Å². The van der Waals surface area contributed by atoms with E-state index >= 15 is 0 Å². The average Bonchev–Trinajstić information content (AvgIpc) is 2.98. The van der Waals surface area contributed by atoms with Crippen molar-refractivity contribution < 1.29 is 9.84 Å². The zero-order chi connectivity index (χ0) is 17.7. The third-order valence-corrected chi connectivity index (χ3v) is 4.08. The second-order valence-corrected chi connectivity index (χ2v) is 6.94. The van der Waals surface area contributed by atoms with Gasteiger partial charge in [-0.3, -0.25) is 9.58 Å². The van der Waals surface area contributed by atoms with E-state index in [-0.39, 0.29) is 12.1 Å². The average molecular weight is 331 g/mol. The SMILES string of the molecule is CCN(CCO)Cc1cn(C(C)(C)C)nc1-c1cccc(OC)c1. The van der Waals surface area contributed by atoms with Crippen molar-refractivity contribution in [1.29, 1.82) is 0 Å². The number of aliphatic hydroxyl groups is 1. The molecule has 0 radical (unpaired) electrons. The first kappa shape index (κ1) is 18.5. The van der Waals surface area contributed by atoms with E-state index in [1.807, 2.05) is 22.9 Å². The van der Waals surface area contributed by atoms with Gasteiger partial charge in [0.15, 0.2) is 0 Å². The van der Waals surface area contributed by atoms with Gasteiger partial charge >= 0.3 is 0 Å². The summed E-state index contributed by atoms with van der Waals surface area (Å²) < 4.78 is 7.37. The molecule has 0 unspecified atom stereocenters. The minimum absolute atomic E-state index is 0.0834. The number of ether oxygens (including phenoxy) is 1. The lowest BCUT2D eigenvalue weighted by atomic mass is 10.1. The third kappa shape index (κ3) is 4.36. The van der Waals surface area contributed by atoms with Crippen LogP contribution in [0.25, 0.3) is 11.3 Å². The van der Waals surface area contributed by atoms with Crippen LogP contribution in [0.4, 0.5) is 0 Å². The van der Waals surface area contributed by atoms with E-state index < -0.39 is 0 Å². The van der Waals surface area contributed by atoms with Crippen molar-refractivity contribution in [3.63, 3.8) is 0 Å². The molecule has 24 heavy (non-hydrogen) atoms. The normalized spacial score (nSPS) is 12.0. The Morgan fingerprint density at radius 2 is 2.04 bits per heavy atom. The van der Waals surface area contributed by atoms with Crippen molar-refractivity contribution in [3.8, 4) is 17.0 Å². The summed E-state index contributed by atoms with van der Waals surface area (Å²) in [7, 11) is 1.67. The molecule has 0 bridgehead atoms.